The number of rotatable bonds is 1. The van der Waals surface area contributed by atoms with Gasteiger partial charge in [0.1, 0.15) is 0 Å². The highest BCUT2D eigenvalue weighted by Gasteiger charge is 2.43. The summed E-state index contributed by atoms with van der Waals surface area (Å²) in [5.41, 5.74) is 2.33. The smallest absolute Gasteiger partial charge is 0.314 e. The highest BCUT2D eigenvalue weighted by atomic mass is 79.9. The lowest BCUT2D eigenvalue weighted by Crippen LogP contribution is -2.44. The molecule has 2 aliphatic rings. The number of halogens is 2. The van der Waals surface area contributed by atoms with Crippen LogP contribution in [-0.4, -0.2) is 22.0 Å². The first-order valence-corrected chi connectivity index (χ1v) is 8.41. The fraction of sp³-hybridized carbons (Fsp3) is 0.294. The number of carbonyl (C=O) groups excluding carboxylic acids is 1. The molecule has 0 aliphatic carbocycles. The number of hydrogen-bond donors (Lipinski definition) is 1. The number of carbonyl (C=O) groups is 1. The number of hydrogen-bond acceptors (Lipinski definition) is 2. The van der Waals surface area contributed by atoms with Gasteiger partial charge in [-0.05, 0) is 55.2 Å². The fourth-order valence-electron chi connectivity index (χ4n) is 3.65. The second-order valence-corrected chi connectivity index (χ2v) is 6.88. The van der Waals surface area contributed by atoms with Crippen LogP contribution in [0.15, 0.2) is 41.0 Å². The van der Waals surface area contributed by atoms with Gasteiger partial charge in [0, 0.05) is 28.0 Å². The molecule has 23 heavy (non-hydrogen) atoms. The van der Waals surface area contributed by atoms with Crippen molar-refractivity contribution in [1.29, 1.82) is 0 Å². The summed E-state index contributed by atoms with van der Waals surface area (Å²) in [5.74, 6) is -0.396. The van der Waals surface area contributed by atoms with E-state index in [2.05, 4.69) is 26.2 Å². The van der Waals surface area contributed by atoms with E-state index in [0.29, 0.717) is 12.0 Å². The Bertz CT molecular complexity index is 765. The summed E-state index contributed by atoms with van der Waals surface area (Å²) >= 11 is 3.38. The molecule has 2 aliphatic heterocycles. The molecular formula is C17H15BrFN3O. The van der Waals surface area contributed by atoms with Crippen molar-refractivity contribution in [1.82, 2.24) is 9.88 Å². The van der Waals surface area contributed by atoms with Gasteiger partial charge in [0.15, 0.2) is 0 Å². The van der Waals surface area contributed by atoms with Gasteiger partial charge >= 0.3 is 6.03 Å². The number of pyridine rings is 1. The number of urea groups is 1. The van der Waals surface area contributed by atoms with Crippen LogP contribution in [0.2, 0.25) is 0 Å². The zero-order chi connectivity index (χ0) is 16.0. The first kappa shape index (κ1) is 14.6. The molecular weight excluding hydrogens is 361 g/mol. The molecule has 2 amide bonds. The zero-order valence-electron chi connectivity index (χ0n) is 12.3. The lowest BCUT2D eigenvalue weighted by Gasteiger charge is -2.36. The second-order valence-electron chi connectivity index (χ2n) is 5.96. The maximum atomic E-state index is 13.9. The van der Waals surface area contributed by atoms with Gasteiger partial charge in [0.05, 0.1) is 6.04 Å². The normalized spacial score (nSPS) is 21.9. The molecule has 1 fully saturated rings. The number of nitrogens with one attached hydrogen (secondary N) is 1. The first-order valence-electron chi connectivity index (χ1n) is 7.61. The van der Waals surface area contributed by atoms with Crippen molar-refractivity contribution in [2.24, 2.45) is 0 Å². The van der Waals surface area contributed by atoms with E-state index in [1.54, 1.807) is 0 Å². The summed E-state index contributed by atoms with van der Waals surface area (Å²) in [5, 5.41) is 2.94. The van der Waals surface area contributed by atoms with Crippen LogP contribution in [0.25, 0.3) is 0 Å². The highest BCUT2D eigenvalue weighted by molar-refractivity contribution is 9.10. The van der Waals surface area contributed by atoms with Gasteiger partial charge in [-0.1, -0.05) is 15.9 Å². The number of benzene rings is 1. The molecule has 0 unspecified atom stereocenters. The van der Waals surface area contributed by atoms with Crippen molar-refractivity contribution in [2.45, 2.75) is 31.3 Å². The monoisotopic (exact) mass is 375 g/mol. The van der Waals surface area contributed by atoms with Crippen LogP contribution in [0.5, 0.6) is 0 Å². The molecule has 2 atom stereocenters. The molecule has 1 aromatic carbocycles. The summed E-state index contributed by atoms with van der Waals surface area (Å²) in [6, 6.07) is 9.18. The Hall–Kier alpha value is -1.95. The highest BCUT2D eigenvalue weighted by Crippen LogP contribution is 2.44. The Morgan fingerprint density at radius 2 is 2.04 bits per heavy atom. The lowest BCUT2D eigenvalue weighted by molar-refractivity contribution is 0.178. The minimum absolute atomic E-state index is 0.0432. The molecule has 2 aromatic rings. The van der Waals surface area contributed by atoms with E-state index in [1.165, 1.54) is 6.20 Å². The SMILES string of the molecule is O=C(Nc1ccc(Br)cc1)N1[C@@H]2CC[C@H]1c1ccnc(F)c1C2. The van der Waals surface area contributed by atoms with Gasteiger partial charge < -0.3 is 10.2 Å². The van der Waals surface area contributed by atoms with Crippen molar-refractivity contribution in [3.8, 4) is 0 Å². The average Bonchev–Trinajstić information content (AvgIpc) is 2.86. The van der Waals surface area contributed by atoms with Gasteiger partial charge in [-0.15, -0.1) is 0 Å². The molecule has 0 spiro atoms. The van der Waals surface area contributed by atoms with Crippen LogP contribution in [0.4, 0.5) is 14.9 Å². The second kappa shape index (κ2) is 5.60. The van der Waals surface area contributed by atoms with E-state index in [0.717, 1.165) is 28.6 Å². The number of nitrogens with zero attached hydrogens (tertiary/aromatic N) is 2. The van der Waals surface area contributed by atoms with Crippen LogP contribution in [-0.2, 0) is 6.42 Å². The summed E-state index contributed by atoms with van der Waals surface area (Å²) in [6.45, 7) is 0. The molecule has 1 N–H and O–H groups in total. The van der Waals surface area contributed by atoms with E-state index < -0.39 is 5.95 Å². The molecule has 118 valence electrons. The predicted octanol–water partition coefficient (Wildman–Crippen LogP) is 4.28. The molecule has 0 saturated carbocycles. The summed E-state index contributed by atoms with van der Waals surface area (Å²) in [6.07, 6.45) is 3.79. The summed E-state index contributed by atoms with van der Waals surface area (Å²) in [7, 11) is 0. The standard InChI is InChI=1S/C17H15BrFN3O/c18-10-1-3-11(4-2-10)21-17(23)22-12-5-6-15(22)13-7-8-20-16(19)14(13)9-12/h1-4,7-8,12,15H,5-6,9H2,(H,21,23)/t12-,15+/m1/s1. The van der Waals surface area contributed by atoms with Gasteiger partial charge in [0.2, 0.25) is 5.95 Å². The van der Waals surface area contributed by atoms with Crippen molar-refractivity contribution < 1.29 is 9.18 Å². The summed E-state index contributed by atoms with van der Waals surface area (Å²) < 4.78 is 14.9. The first-order chi connectivity index (χ1) is 11.1. The minimum atomic E-state index is -0.396. The van der Waals surface area contributed by atoms with Crippen LogP contribution in [0, 0.1) is 5.95 Å². The number of amides is 2. The fourth-order valence-corrected chi connectivity index (χ4v) is 3.91. The molecule has 0 radical (unpaired) electrons. The van der Waals surface area contributed by atoms with Gasteiger partial charge in [-0.3, -0.25) is 0 Å². The molecule has 1 aromatic heterocycles. The topological polar surface area (TPSA) is 45.2 Å². The van der Waals surface area contributed by atoms with Crippen molar-refractivity contribution in [3.63, 3.8) is 0 Å². The Kier molecular flexibility index (Phi) is 3.56. The quantitative estimate of drug-likeness (QED) is 0.756. The molecule has 1 saturated heterocycles. The molecule has 4 nitrogen and oxygen atoms in total. The van der Waals surface area contributed by atoms with E-state index in [9.17, 15) is 9.18 Å². The maximum absolute atomic E-state index is 13.9. The maximum Gasteiger partial charge on any atom is 0.322 e. The third-order valence-electron chi connectivity index (χ3n) is 4.67. The van der Waals surface area contributed by atoms with E-state index >= 15 is 0 Å². The van der Waals surface area contributed by atoms with Gasteiger partial charge in [-0.2, -0.15) is 4.39 Å². The van der Waals surface area contributed by atoms with Crippen LogP contribution < -0.4 is 5.32 Å². The number of fused-ring (bicyclic) bond motifs is 4. The molecule has 6 heteroatoms. The van der Waals surface area contributed by atoms with Crippen LogP contribution >= 0.6 is 15.9 Å². The largest absolute Gasteiger partial charge is 0.322 e. The summed E-state index contributed by atoms with van der Waals surface area (Å²) in [4.78, 5) is 18.3. The minimum Gasteiger partial charge on any atom is -0.314 e. The van der Waals surface area contributed by atoms with E-state index in [-0.39, 0.29) is 18.1 Å². The molecule has 3 heterocycles. The number of anilines is 1. The third-order valence-corrected chi connectivity index (χ3v) is 5.20. The predicted molar refractivity (Wildman–Crippen MR) is 88.7 cm³/mol. The Morgan fingerprint density at radius 3 is 2.83 bits per heavy atom. The Morgan fingerprint density at radius 1 is 1.26 bits per heavy atom. The third kappa shape index (κ3) is 2.51. The van der Waals surface area contributed by atoms with Crippen molar-refractivity contribution in [3.05, 3.63) is 58.1 Å². The van der Waals surface area contributed by atoms with Crippen LogP contribution in [0.1, 0.15) is 30.0 Å². The average molecular weight is 376 g/mol. The van der Waals surface area contributed by atoms with E-state index in [1.807, 2.05) is 35.2 Å². The lowest BCUT2D eigenvalue weighted by atomic mass is 9.95. The Labute approximate surface area is 141 Å². The Balaban J connectivity index is 1.60. The van der Waals surface area contributed by atoms with Crippen molar-refractivity contribution >= 4 is 27.6 Å². The molecule has 2 bridgehead atoms. The van der Waals surface area contributed by atoms with Crippen molar-refractivity contribution in [2.75, 3.05) is 5.32 Å². The van der Waals surface area contributed by atoms with Gasteiger partial charge in [-0.25, -0.2) is 9.78 Å². The van der Waals surface area contributed by atoms with E-state index in [4.69, 9.17) is 0 Å². The molecule has 4 rings (SSSR count). The van der Waals surface area contributed by atoms with Crippen LogP contribution in [0.3, 0.4) is 0 Å². The van der Waals surface area contributed by atoms with Gasteiger partial charge in [0.25, 0.3) is 0 Å². The number of aromatic nitrogens is 1. The zero-order valence-corrected chi connectivity index (χ0v) is 13.9.